The normalized spacial score (nSPS) is 26.5. The lowest BCUT2D eigenvalue weighted by molar-refractivity contribution is 0.0548. The molecule has 2 aliphatic rings. The van der Waals surface area contributed by atoms with Gasteiger partial charge in [-0.2, -0.15) is 0 Å². The molecule has 104 valence electrons. The lowest BCUT2D eigenvalue weighted by Crippen LogP contribution is -2.43. The number of fused-ring (bicyclic) bond motifs is 1. The van der Waals surface area contributed by atoms with Gasteiger partial charge in [-0.3, -0.25) is 4.90 Å². The van der Waals surface area contributed by atoms with E-state index in [-0.39, 0.29) is 5.60 Å². The van der Waals surface area contributed by atoms with Crippen molar-refractivity contribution in [2.45, 2.75) is 31.8 Å². The van der Waals surface area contributed by atoms with Crippen LogP contribution in [0.15, 0.2) is 12.1 Å². The highest BCUT2D eigenvalue weighted by Gasteiger charge is 2.42. The van der Waals surface area contributed by atoms with Gasteiger partial charge in [-0.25, -0.2) is 0 Å². The first kappa shape index (κ1) is 13.2. The van der Waals surface area contributed by atoms with Gasteiger partial charge >= 0.3 is 0 Å². The van der Waals surface area contributed by atoms with Crippen LogP contribution in [0.3, 0.4) is 0 Å². The molecule has 4 heteroatoms. The van der Waals surface area contributed by atoms with Crippen molar-refractivity contribution in [1.82, 2.24) is 4.90 Å². The number of hydrogen-bond acceptors (Lipinski definition) is 3. The SMILES string of the molecule is Cc1cc2c(cc1Cl)CCC1(CCN(CCN)C1)O2. The number of rotatable bonds is 2. The molecule has 2 heterocycles. The fraction of sp³-hybridized carbons (Fsp3) is 0.600. The highest BCUT2D eigenvalue weighted by molar-refractivity contribution is 6.31. The largest absolute Gasteiger partial charge is 0.486 e. The Labute approximate surface area is 119 Å². The quantitative estimate of drug-likeness (QED) is 0.904. The molecule has 0 bridgehead atoms. The van der Waals surface area contributed by atoms with E-state index in [1.807, 2.05) is 6.92 Å². The second kappa shape index (κ2) is 4.97. The topological polar surface area (TPSA) is 38.5 Å². The third-order valence-corrected chi connectivity index (χ3v) is 4.77. The Hall–Kier alpha value is -0.770. The molecule has 0 radical (unpaired) electrons. The van der Waals surface area contributed by atoms with E-state index in [4.69, 9.17) is 22.1 Å². The van der Waals surface area contributed by atoms with Gasteiger partial charge in [0.1, 0.15) is 11.4 Å². The van der Waals surface area contributed by atoms with E-state index in [0.29, 0.717) is 0 Å². The van der Waals surface area contributed by atoms with Gasteiger partial charge < -0.3 is 10.5 Å². The van der Waals surface area contributed by atoms with Gasteiger partial charge in [0.25, 0.3) is 0 Å². The van der Waals surface area contributed by atoms with Gasteiger partial charge in [0.2, 0.25) is 0 Å². The minimum Gasteiger partial charge on any atom is -0.486 e. The number of nitrogens with zero attached hydrogens (tertiary/aromatic N) is 1. The summed E-state index contributed by atoms with van der Waals surface area (Å²) in [5.74, 6) is 1.03. The number of halogens is 1. The van der Waals surface area contributed by atoms with Crippen LogP contribution in [0.5, 0.6) is 5.75 Å². The van der Waals surface area contributed by atoms with E-state index in [0.717, 1.165) is 61.8 Å². The van der Waals surface area contributed by atoms with Crippen molar-refractivity contribution in [3.63, 3.8) is 0 Å². The van der Waals surface area contributed by atoms with Crippen molar-refractivity contribution in [2.75, 3.05) is 26.2 Å². The summed E-state index contributed by atoms with van der Waals surface area (Å²) in [7, 11) is 0. The summed E-state index contributed by atoms with van der Waals surface area (Å²) >= 11 is 6.18. The molecular weight excluding hydrogens is 260 g/mol. The van der Waals surface area contributed by atoms with E-state index in [1.165, 1.54) is 5.56 Å². The lowest BCUT2D eigenvalue weighted by atomic mass is 9.90. The molecule has 3 nitrogen and oxygen atoms in total. The van der Waals surface area contributed by atoms with Crippen molar-refractivity contribution in [1.29, 1.82) is 0 Å². The second-order valence-electron chi connectivity index (χ2n) is 5.81. The molecule has 1 aromatic carbocycles. The summed E-state index contributed by atoms with van der Waals surface area (Å²) in [6.07, 6.45) is 3.25. The average Bonchev–Trinajstić information content (AvgIpc) is 2.75. The Morgan fingerprint density at radius 2 is 2.26 bits per heavy atom. The molecule has 1 saturated heterocycles. The Morgan fingerprint density at radius 1 is 1.42 bits per heavy atom. The number of nitrogens with two attached hydrogens (primary N) is 1. The molecule has 3 rings (SSSR count). The molecule has 1 fully saturated rings. The molecule has 2 aliphatic heterocycles. The Bertz CT molecular complexity index is 491. The maximum atomic E-state index is 6.35. The summed E-state index contributed by atoms with van der Waals surface area (Å²) in [6.45, 7) is 5.83. The number of ether oxygens (including phenoxy) is 1. The van der Waals surface area contributed by atoms with E-state index >= 15 is 0 Å². The van der Waals surface area contributed by atoms with Gasteiger partial charge in [0, 0.05) is 37.6 Å². The number of benzene rings is 1. The predicted molar refractivity (Wildman–Crippen MR) is 78.0 cm³/mol. The van der Waals surface area contributed by atoms with E-state index in [2.05, 4.69) is 17.0 Å². The van der Waals surface area contributed by atoms with Crippen LogP contribution in [0.2, 0.25) is 5.02 Å². The Balaban J connectivity index is 1.81. The molecule has 1 spiro atoms. The summed E-state index contributed by atoms with van der Waals surface area (Å²) in [5, 5.41) is 0.842. The highest BCUT2D eigenvalue weighted by atomic mass is 35.5. The molecule has 1 unspecified atom stereocenters. The number of hydrogen-bond donors (Lipinski definition) is 1. The van der Waals surface area contributed by atoms with Gasteiger partial charge in [0.05, 0.1) is 0 Å². The van der Waals surface area contributed by atoms with E-state index in [1.54, 1.807) is 0 Å². The maximum absolute atomic E-state index is 6.35. The Kier molecular flexibility index (Phi) is 3.46. The minimum atomic E-state index is 0.00242. The summed E-state index contributed by atoms with van der Waals surface area (Å²) in [4.78, 5) is 2.41. The Morgan fingerprint density at radius 3 is 3.05 bits per heavy atom. The fourth-order valence-electron chi connectivity index (χ4n) is 3.22. The van der Waals surface area contributed by atoms with Crippen LogP contribution in [0, 0.1) is 6.92 Å². The van der Waals surface area contributed by atoms with Crippen LogP contribution < -0.4 is 10.5 Å². The predicted octanol–water partition coefficient (Wildman–Crippen LogP) is 2.38. The third kappa shape index (κ3) is 2.47. The lowest BCUT2D eigenvalue weighted by Gasteiger charge is -2.36. The van der Waals surface area contributed by atoms with Crippen LogP contribution in [-0.2, 0) is 6.42 Å². The summed E-state index contributed by atoms with van der Waals surface area (Å²) in [5.41, 5.74) is 7.99. The molecule has 19 heavy (non-hydrogen) atoms. The first-order chi connectivity index (χ1) is 9.12. The summed E-state index contributed by atoms with van der Waals surface area (Å²) < 4.78 is 6.35. The van der Waals surface area contributed by atoms with E-state index in [9.17, 15) is 0 Å². The second-order valence-corrected chi connectivity index (χ2v) is 6.22. The van der Waals surface area contributed by atoms with Crippen molar-refractivity contribution in [3.8, 4) is 5.75 Å². The number of likely N-dealkylation sites (tertiary alicyclic amines) is 1. The van der Waals surface area contributed by atoms with Crippen LogP contribution >= 0.6 is 11.6 Å². The molecule has 0 saturated carbocycles. The van der Waals surface area contributed by atoms with Gasteiger partial charge in [-0.15, -0.1) is 0 Å². The molecule has 0 aliphatic carbocycles. The first-order valence-electron chi connectivity index (χ1n) is 7.02. The molecule has 2 N–H and O–H groups in total. The molecule has 0 amide bonds. The zero-order valence-electron chi connectivity index (χ0n) is 11.4. The van der Waals surface area contributed by atoms with Crippen LogP contribution in [0.25, 0.3) is 0 Å². The fourth-order valence-corrected chi connectivity index (χ4v) is 3.41. The smallest absolute Gasteiger partial charge is 0.123 e. The first-order valence-corrected chi connectivity index (χ1v) is 7.40. The van der Waals surface area contributed by atoms with Crippen LogP contribution in [-0.4, -0.2) is 36.7 Å². The van der Waals surface area contributed by atoms with Crippen molar-refractivity contribution in [2.24, 2.45) is 5.73 Å². The molecular formula is C15H21ClN2O. The highest BCUT2D eigenvalue weighted by Crippen LogP contribution is 2.40. The molecule has 0 aromatic heterocycles. The zero-order chi connectivity index (χ0) is 13.5. The third-order valence-electron chi connectivity index (χ3n) is 4.36. The van der Waals surface area contributed by atoms with Gasteiger partial charge in [-0.05, 0) is 43.0 Å². The van der Waals surface area contributed by atoms with Crippen LogP contribution in [0.1, 0.15) is 24.0 Å². The molecule has 1 aromatic rings. The van der Waals surface area contributed by atoms with Gasteiger partial charge in [-0.1, -0.05) is 11.6 Å². The molecule has 1 atom stereocenters. The zero-order valence-corrected chi connectivity index (χ0v) is 12.2. The standard InChI is InChI=1S/C15H21ClN2O/c1-11-8-14-12(9-13(11)16)2-3-15(19-14)4-6-18(10-15)7-5-17/h8-9H,2-7,10,17H2,1H3. The maximum Gasteiger partial charge on any atom is 0.123 e. The van der Waals surface area contributed by atoms with Gasteiger partial charge in [0.15, 0.2) is 0 Å². The van der Waals surface area contributed by atoms with Crippen molar-refractivity contribution >= 4 is 11.6 Å². The van der Waals surface area contributed by atoms with Crippen LogP contribution in [0.4, 0.5) is 0 Å². The minimum absolute atomic E-state index is 0.00242. The summed E-state index contributed by atoms with van der Waals surface area (Å²) in [6, 6.07) is 4.15. The number of aryl methyl sites for hydroxylation is 2. The van der Waals surface area contributed by atoms with Crippen molar-refractivity contribution in [3.05, 3.63) is 28.3 Å². The van der Waals surface area contributed by atoms with E-state index < -0.39 is 0 Å². The average molecular weight is 281 g/mol. The monoisotopic (exact) mass is 280 g/mol. The van der Waals surface area contributed by atoms with Crippen molar-refractivity contribution < 1.29 is 4.74 Å².